The van der Waals surface area contributed by atoms with Crippen LogP contribution >= 0.6 is 0 Å². The van der Waals surface area contributed by atoms with E-state index in [2.05, 4.69) is 9.71 Å². The molecule has 0 fully saturated rings. The third-order valence-corrected chi connectivity index (χ3v) is 4.20. The van der Waals surface area contributed by atoms with Crippen molar-refractivity contribution in [2.75, 3.05) is 10.5 Å². The molecule has 1 aromatic heterocycles. The summed E-state index contributed by atoms with van der Waals surface area (Å²) < 4.78 is 26.9. The van der Waals surface area contributed by atoms with Crippen molar-refractivity contribution >= 4 is 27.4 Å². The predicted molar refractivity (Wildman–Crippen MR) is 79.2 cm³/mol. The number of pyridine rings is 1. The Morgan fingerprint density at radius 2 is 1.95 bits per heavy atom. The first-order valence-electron chi connectivity index (χ1n) is 5.94. The van der Waals surface area contributed by atoms with Gasteiger partial charge < -0.3 is 11.5 Å². The van der Waals surface area contributed by atoms with Crippen molar-refractivity contribution in [2.45, 2.75) is 11.8 Å². The van der Waals surface area contributed by atoms with Crippen molar-refractivity contribution in [1.29, 1.82) is 0 Å². The molecule has 21 heavy (non-hydrogen) atoms. The van der Waals surface area contributed by atoms with Crippen molar-refractivity contribution in [3.8, 4) is 0 Å². The second-order valence-electron chi connectivity index (χ2n) is 4.42. The maximum absolute atomic E-state index is 12.3. The van der Waals surface area contributed by atoms with E-state index >= 15 is 0 Å². The zero-order chi connectivity index (χ0) is 15.6. The Hall–Kier alpha value is -2.61. The number of nitrogens with zero attached hydrogens (tertiary/aromatic N) is 1. The molecule has 1 amide bonds. The van der Waals surface area contributed by atoms with E-state index in [0.29, 0.717) is 5.56 Å². The smallest absolute Gasteiger partial charge is 0.261 e. The molecule has 2 aromatic rings. The molecule has 0 radical (unpaired) electrons. The number of aromatic nitrogens is 1. The highest BCUT2D eigenvalue weighted by Gasteiger charge is 2.17. The van der Waals surface area contributed by atoms with Gasteiger partial charge in [0.05, 0.1) is 16.8 Å². The minimum atomic E-state index is -3.84. The van der Waals surface area contributed by atoms with Gasteiger partial charge in [-0.3, -0.25) is 9.52 Å². The zero-order valence-electron chi connectivity index (χ0n) is 11.2. The minimum absolute atomic E-state index is 0.0567. The molecule has 0 saturated carbocycles. The first kappa shape index (κ1) is 14.8. The molecule has 0 atom stereocenters. The van der Waals surface area contributed by atoms with E-state index in [4.69, 9.17) is 11.5 Å². The quantitative estimate of drug-likeness (QED) is 0.772. The molecule has 110 valence electrons. The number of anilines is 2. The molecule has 0 aliphatic carbocycles. The summed E-state index contributed by atoms with van der Waals surface area (Å²) in [6.45, 7) is 1.67. The van der Waals surface area contributed by atoms with Crippen LogP contribution in [0.25, 0.3) is 0 Å². The molecule has 1 aromatic carbocycles. The van der Waals surface area contributed by atoms with Crippen LogP contribution in [0.15, 0.2) is 41.4 Å². The average Bonchev–Trinajstić information content (AvgIpc) is 2.41. The SMILES string of the molecule is Cc1ccc(S(=O)(=O)Nc2ccc(N)nc2)cc1C(N)=O. The maximum Gasteiger partial charge on any atom is 0.261 e. The third-order valence-electron chi connectivity index (χ3n) is 2.82. The Kier molecular flexibility index (Phi) is 3.81. The number of nitrogens with one attached hydrogen (secondary N) is 1. The fourth-order valence-corrected chi connectivity index (χ4v) is 2.78. The largest absolute Gasteiger partial charge is 0.384 e. The molecule has 5 N–H and O–H groups in total. The minimum Gasteiger partial charge on any atom is -0.384 e. The number of aryl methyl sites for hydroxylation is 1. The first-order chi connectivity index (χ1) is 9.79. The molecule has 1 heterocycles. The number of amides is 1. The van der Waals surface area contributed by atoms with Gasteiger partial charge in [-0.1, -0.05) is 6.07 Å². The topological polar surface area (TPSA) is 128 Å². The average molecular weight is 306 g/mol. The maximum atomic E-state index is 12.3. The molecular weight excluding hydrogens is 292 g/mol. The third kappa shape index (κ3) is 3.29. The highest BCUT2D eigenvalue weighted by molar-refractivity contribution is 7.92. The fourth-order valence-electron chi connectivity index (χ4n) is 1.71. The Labute approximate surface area is 122 Å². The Morgan fingerprint density at radius 3 is 2.52 bits per heavy atom. The molecule has 0 bridgehead atoms. The summed E-state index contributed by atoms with van der Waals surface area (Å²) in [5.74, 6) is -0.400. The summed E-state index contributed by atoms with van der Waals surface area (Å²) in [6.07, 6.45) is 1.30. The van der Waals surface area contributed by atoms with E-state index < -0.39 is 15.9 Å². The molecule has 0 aliphatic rings. The van der Waals surface area contributed by atoms with Gasteiger partial charge in [0.25, 0.3) is 10.0 Å². The van der Waals surface area contributed by atoms with Gasteiger partial charge in [0.2, 0.25) is 5.91 Å². The van der Waals surface area contributed by atoms with Crippen molar-refractivity contribution in [3.05, 3.63) is 47.7 Å². The lowest BCUT2D eigenvalue weighted by atomic mass is 10.1. The van der Waals surface area contributed by atoms with Gasteiger partial charge in [0, 0.05) is 5.56 Å². The molecule has 8 heteroatoms. The van der Waals surface area contributed by atoms with Gasteiger partial charge >= 0.3 is 0 Å². The molecular formula is C13H14N4O3S. The van der Waals surface area contributed by atoms with Gasteiger partial charge in [-0.05, 0) is 36.8 Å². The predicted octanol–water partition coefficient (Wildman–Crippen LogP) is 0.872. The lowest BCUT2D eigenvalue weighted by Crippen LogP contribution is -2.17. The summed E-state index contributed by atoms with van der Waals surface area (Å²) in [7, 11) is -3.84. The lowest BCUT2D eigenvalue weighted by Gasteiger charge is -2.10. The highest BCUT2D eigenvalue weighted by atomic mass is 32.2. The fraction of sp³-hybridized carbons (Fsp3) is 0.0769. The summed E-state index contributed by atoms with van der Waals surface area (Å²) in [5.41, 5.74) is 11.7. The number of benzene rings is 1. The first-order valence-corrected chi connectivity index (χ1v) is 7.43. The summed E-state index contributed by atoms with van der Waals surface area (Å²) in [5, 5.41) is 0. The van der Waals surface area contributed by atoms with Crippen molar-refractivity contribution < 1.29 is 13.2 Å². The monoisotopic (exact) mass is 306 g/mol. The molecule has 7 nitrogen and oxygen atoms in total. The number of hydrogen-bond acceptors (Lipinski definition) is 5. The van der Waals surface area contributed by atoms with Crippen LogP contribution in [0.4, 0.5) is 11.5 Å². The number of primary amides is 1. The Morgan fingerprint density at radius 1 is 1.24 bits per heavy atom. The number of hydrogen-bond donors (Lipinski definition) is 3. The zero-order valence-corrected chi connectivity index (χ0v) is 12.0. The lowest BCUT2D eigenvalue weighted by molar-refractivity contribution is 0.0999. The van der Waals surface area contributed by atoms with Gasteiger partial charge in [-0.15, -0.1) is 0 Å². The van der Waals surface area contributed by atoms with Crippen molar-refractivity contribution in [3.63, 3.8) is 0 Å². The van der Waals surface area contributed by atoms with Gasteiger partial charge in [0.1, 0.15) is 5.82 Å². The molecule has 2 rings (SSSR count). The summed E-state index contributed by atoms with van der Waals surface area (Å²) in [4.78, 5) is 15.0. The van der Waals surface area contributed by atoms with Gasteiger partial charge in [-0.25, -0.2) is 13.4 Å². The van der Waals surface area contributed by atoms with E-state index in [-0.39, 0.29) is 22.0 Å². The number of nitrogen functional groups attached to an aromatic ring is 1. The second-order valence-corrected chi connectivity index (χ2v) is 6.10. The van der Waals surface area contributed by atoms with Crippen LogP contribution in [-0.4, -0.2) is 19.3 Å². The highest BCUT2D eigenvalue weighted by Crippen LogP contribution is 2.19. The van der Waals surface area contributed by atoms with E-state index in [0.717, 1.165) is 0 Å². The molecule has 0 unspecified atom stereocenters. The number of rotatable bonds is 4. The second kappa shape index (κ2) is 5.41. The standard InChI is InChI=1S/C13H14N4O3S/c1-8-2-4-10(6-11(8)13(15)18)21(19,20)17-9-3-5-12(14)16-7-9/h2-7,17H,1H3,(H2,14,16)(H2,15,18). The van der Waals surface area contributed by atoms with Crippen LogP contribution in [0.2, 0.25) is 0 Å². The molecule has 0 aliphatic heterocycles. The number of nitrogens with two attached hydrogens (primary N) is 2. The van der Waals surface area contributed by atoms with Crippen LogP contribution in [0.3, 0.4) is 0 Å². The number of carbonyl (C=O) groups excluding carboxylic acids is 1. The van der Waals surface area contributed by atoms with E-state index in [1.54, 1.807) is 6.92 Å². The molecule has 0 spiro atoms. The summed E-state index contributed by atoms with van der Waals surface area (Å²) in [6, 6.07) is 7.13. The van der Waals surface area contributed by atoms with Crippen LogP contribution in [-0.2, 0) is 10.0 Å². The van der Waals surface area contributed by atoms with Crippen molar-refractivity contribution in [2.24, 2.45) is 5.73 Å². The van der Waals surface area contributed by atoms with E-state index in [1.165, 1.54) is 36.5 Å². The van der Waals surface area contributed by atoms with Gasteiger partial charge in [0.15, 0.2) is 0 Å². The van der Waals surface area contributed by atoms with Gasteiger partial charge in [-0.2, -0.15) is 0 Å². The van der Waals surface area contributed by atoms with Crippen molar-refractivity contribution in [1.82, 2.24) is 4.98 Å². The number of sulfonamides is 1. The normalized spacial score (nSPS) is 11.1. The van der Waals surface area contributed by atoms with E-state index in [9.17, 15) is 13.2 Å². The molecule has 0 saturated heterocycles. The number of carbonyl (C=O) groups is 1. The van der Waals surface area contributed by atoms with E-state index in [1.807, 2.05) is 0 Å². The van der Waals surface area contributed by atoms with Crippen LogP contribution < -0.4 is 16.2 Å². The van der Waals surface area contributed by atoms with Crippen LogP contribution in [0, 0.1) is 6.92 Å². The Bertz CT molecular complexity index is 786. The Balaban J connectivity index is 2.38. The van der Waals surface area contributed by atoms with Crippen LogP contribution in [0.1, 0.15) is 15.9 Å². The summed E-state index contributed by atoms with van der Waals surface area (Å²) >= 11 is 0. The van der Waals surface area contributed by atoms with Crippen LogP contribution in [0.5, 0.6) is 0 Å².